The monoisotopic (exact) mass is 447 g/mol. The molecule has 3 heterocycles. The fourth-order valence-electron chi connectivity index (χ4n) is 3.68. The molecule has 1 amide bonds. The van der Waals surface area contributed by atoms with Crippen molar-refractivity contribution in [1.82, 2.24) is 14.5 Å². The molecule has 1 atom stereocenters. The number of carbonyl (C=O) groups is 1. The van der Waals surface area contributed by atoms with Gasteiger partial charge >= 0.3 is 0 Å². The standard InChI is InChI=1S/C24H25N5O2S/c1-15-16(2)29(13-18-8-7-11-31-18)23(19(15)12-25)27-22(30)14-28(4)17(3)24-26-20-9-5-6-10-21(20)32-24/h5-11,17H,13-14H2,1-4H3,(H,27,30). The second kappa shape index (κ2) is 8.99. The highest BCUT2D eigenvalue weighted by atomic mass is 32.1. The van der Waals surface area contributed by atoms with Gasteiger partial charge in [-0.3, -0.25) is 9.69 Å². The zero-order chi connectivity index (χ0) is 22.8. The van der Waals surface area contributed by atoms with E-state index in [-0.39, 0.29) is 18.5 Å². The van der Waals surface area contributed by atoms with Crippen LogP contribution in [0.25, 0.3) is 10.2 Å². The van der Waals surface area contributed by atoms with Crippen LogP contribution in [0, 0.1) is 25.2 Å². The van der Waals surface area contributed by atoms with Crippen molar-refractivity contribution in [3.05, 3.63) is 70.3 Å². The van der Waals surface area contributed by atoms with Gasteiger partial charge in [0.05, 0.1) is 41.2 Å². The molecule has 0 radical (unpaired) electrons. The summed E-state index contributed by atoms with van der Waals surface area (Å²) in [6.07, 6.45) is 1.61. The molecule has 0 saturated heterocycles. The Kier molecular flexibility index (Phi) is 6.12. The molecule has 0 saturated carbocycles. The van der Waals surface area contributed by atoms with Crippen molar-refractivity contribution in [2.24, 2.45) is 0 Å². The average Bonchev–Trinajstić information content (AvgIpc) is 3.49. The van der Waals surface area contributed by atoms with Crippen molar-refractivity contribution < 1.29 is 9.21 Å². The molecule has 1 aromatic carbocycles. The summed E-state index contributed by atoms with van der Waals surface area (Å²) in [5, 5.41) is 13.6. The molecule has 0 spiro atoms. The summed E-state index contributed by atoms with van der Waals surface area (Å²) in [7, 11) is 1.90. The number of fused-ring (bicyclic) bond motifs is 1. The van der Waals surface area contributed by atoms with E-state index >= 15 is 0 Å². The fourth-order valence-corrected chi connectivity index (χ4v) is 4.76. The Hall–Kier alpha value is -3.41. The highest BCUT2D eigenvalue weighted by molar-refractivity contribution is 7.18. The van der Waals surface area contributed by atoms with Crippen molar-refractivity contribution in [1.29, 1.82) is 5.26 Å². The van der Waals surface area contributed by atoms with Crippen LogP contribution in [0.1, 0.15) is 40.6 Å². The van der Waals surface area contributed by atoms with Gasteiger partial charge in [-0.2, -0.15) is 5.26 Å². The Morgan fingerprint density at radius 2 is 2.09 bits per heavy atom. The molecule has 1 unspecified atom stereocenters. The quantitative estimate of drug-likeness (QED) is 0.437. The molecule has 0 fully saturated rings. The summed E-state index contributed by atoms with van der Waals surface area (Å²) < 4.78 is 8.52. The largest absolute Gasteiger partial charge is 0.467 e. The van der Waals surface area contributed by atoms with Crippen molar-refractivity contribution in [3.63, 3.8) is 0 Å². The van der Waals surface area contributed by atoms with E-state index in [1.165, 1.54) is 0 Å². The van der Waals surface area contributed by atoms with E-state index in [1.54, 1.807) is 17.6 Å². The molecule has 1 N–H and O–H groups in total. The van der Waals surface area contributed by atoms with Crippen molar-refractivity contribution in [2.45, 2.75) is 33.4 Å². The number of thiazole rings is 1. The van der Waals surface area contributed by atoms with E-state index in [2.05, 4.69) is 17.5 Å². The van der Waals surface area contributed by atoms with Gasteiger partial charge in [-0.1, -0.05) is 12.1 Å². The number of hydrogen-bond acceptors (Lipinski definition) is 6. The van der Waals surface area contributed by atoms with Crippen molar-refractivity contribution in [3.8, 4) is 6.07 Å². The SMILES string of the molecule is Cc1c(C#N)c(NC(=O)CN(C)C(C)c2nc3ccccc3s2)n(Cc2ccco2)c1C. The summed E-state index contributed by atoms with van der Waals surface area (Å²) in [4.78, 5) is 19.6. The summed E-state index contributed by atoms with van der Waals surface area (Å²) in [5.41, 5.74) is 3.22. The normalized spacial score (nSPS) is 12.2. The molecule has 164 valence electrons. The van der Waals surface area contributed by atoms with Crippen LogP contribution >= 0.6 is 11.3 Å². The Labute approximate surface area is 190 Å². The van der Waals surface area contributed by atoms with Gasteiger partial charge in [-0.05, 0) is 57.6 Å². The lowest BCUT2D eigenvalue weighted by Crippen LogP contribution is -2.33. The number of hydrogen-bond donors (Lipinski definition) is 1. The minimum absolute atomic E-state index is 0.0213. The van der Waals surface area contributed by atoms with Crippen LogP contribution in [0.4, 0.5) is 5.82 Å². The third-order valence-corrected chi connectivity index (χ3v) is 7.02. The van der Waals surface area contributed by atoms with Crippen molar-refractivity contribution >= 4 is 33.3 Å². The molecule has 0 aliphatic carbocycles. The van der Waals surface area contributed by atoms with E-state index in [4.69, 9.17) is 9.40 Å². The molecule has 0 aliphatic heterocycles. The predicted octanol–water partition coefficient (Wildman–Crippen LogP) is 4.86. The molecule has 0 aliphatic rings. The number of likely N-dealkylation sites (N-methyl/N-ethyl adjacent to an activating group) is 1. The third kappa shape index (κ3) is 4.17. The minimum Gasteiger partial charge on any atom is -0.467 e. The number of amides is 1. The number of anilines is 1. The highest BCUT2D eigenvalue weighted by Gasteiger charge is 2.23. The molecular weight excluding hydrogens is 422 g/mol. The van der Waals surface area contributed by atoms with Gasteiger partial charge < -0.3 is 14.3 Å². The van der Waals surface area contributed by atoms with Gasteiger partial charge in [-0.15, -0.1) is 11.3 Å². The van der Waals surface area contributed by atoms with Gasteiger partial charge in [0.15, 0.2) is 0 Å². The topological polar surface area (TPSA) is 87.1 Å². The zero-order valence-corrected chi connectivity index (χ0v) is 19.4. The molecule has 4 rings (SSSR count). The number of nitrogens with zero attached hydrogens (tertiary/aromatic N) is 4. The van der Waals surface area contributed by atoms with E-state index < -0.39 is 0 Å². The van der Waals surface area contributed by atoms with Gasteiger partial charge in [-0.25, -0.2) is 4.98 Å². The van der Waals surface area contributed by atoms with Crippen LogP contribution in [0.2, 0.25) is 0 Å². The summed E-state index contributed by atoms with van der Waals surface area (Å²) in [6, 6.07) is 13.9. The fraction of sp³-hybridized carbons (Fsp3) is 0.292. The van der Waals surface area contributed by atoms with E-state index in [0.29, 0.717) is 17.9 Å². The van der Waals surface area contributed by atoms with E-state index in [1.807, 2.05) is 67.6 Å². The predicted molar refractivity (Wildman–Crippen MR) is 126 cm³/mol. The molecule has 32 heavy (non-hydrogen) atoms. The molecular formula is C24H25N5O2S. The lowest BCUT2D eigenvalue weighted by atomic mass is 10.2. The molecule has 0 bridgehead atoms. The maximum Gasteiger partial charge on any atom is 0.239 e. The number of furan rings is 1. The van der Waals surface area contributed by atoms with Gasteiger partial charge in [0, 0.05) is 5.69 Å². The van der Waals surface area contributed by atoms with Gasteiger partial charge in [0.1, 0.15) is 22.7 Å². The first-order valence-electron chi connectivity index (χ1n) is 10.4. The number of nitrogens with one attached hydrogen (secondary N) is 1. The number of para-hydroxylation sites is 1. The number of rotatable bonds is 7. The number of carbonyl (C=O) groups excluding carboxylic acids is 1. The van der Waals surface area contributed by atoms with Gasteiger partial charge in [0.25, 0.3) is 0 Å². The lowest BCUT2D eigenvalue weighted by molar-refractivity contribution is -0.117. The minimum atomic E-state index is -0.185. The first-order chi connectivity index (χ1) is 15.4. The summed E-state index contributed by atoms with van der Waals surface area (Å²) in [5.74, 6) is 1.07. The zero-order valence-electron chi connectivity index (χ0n) is 18.5. The Balaban J connectivity index is 1.52. The Morgan fingerprint density at radius 1 is 1.31 bits per heavy atom. The Bertz CT molecular complexity index is 1260. The number of aromatic nitrogens is 2. The van der Waals surface area contributed by atoms with Crippen LogP contribution in [0.15, 0.2) is 47.1 Å². The average molecular weight is 448 g/mol. The van der Waals surface area contributed by atoms with Crippen LogP contribution in [-0.2, 0) is 11.3 Å². The Morgan fingerprint density at radius 3 is 2.78 bits per heavy atom. The smallest absolute Gasteiger partial charge is 0.239 e. The maximum atomic E-state index is 13.0. The molecule has 7 nitrogen and oxygen atoms in total. The molecule has 4 aromatic rings. The third-order valence-electron chi connectivity index (χ3n) is 5.81. The first kappa shape index (κ1) is 21.8. The van der Waals surface area contributed by atoms with Crippen LogP contribution in [0.3, 0.4) is 0 Å². The first-order valence-corrected chi connectivity index (χ1v) is 11.2. The summed E-state index contributed by atoms with van der Waals surface area (Å²) >= 11 is 1.64. The lowest BCUT2D eigenvalue weighted by Gasteiger charge is -2.22. The summed E-state index contributed by atoms with van der Waals surface area (Å²) in [6.45, 7) is 6.49. The number of nitriles is 1. The highest BCUT2D eigenvalue weighted by Crippen LogP contribution is 2.30. The van der Waals surface area contributed by atoms with Crippen LogP contribution in [0.5, 0.6) is 0 Å². The molecule has 3 aromatic heterocycles. The second-order valence-electron chi connectivity index (χ2n) is 7.87. The van der Waals surface area contributed by atoms with Crippen molar-refractivity contribution in [2.75, 3.05) is 18.9 Å². The van der Waals surface area contributed by atoms with Gasteiger partial charge in [0.2, 0.25) is 5.91 Å². The second-order valence-corrected chi connectivity index (χ2v) is 8.93. The van der Waals surface area contributed by atoms with E-state index in [9.17, 15) is 10.1 Å². The number of benzene rings is 1. The van der Waals surface area contributed by atoms with E-state index in [0.717, 1.165) is 32.2 Å². The van der Waals surface area contributed by atoms with Crippen LogP contribution in [-0.4, -0.2) is 34.0 Å². The van der Waals surface area contributed by atoms with Crippen LogP contribution < -0.4 is 5.32 Å². The molecule has 8 heteroatoms. The maximum absolute atomic E-state index is 13.0.